The Morgan fingerprint density at radius 3 is 2.83 bits per heavy atom. The van der Waals surface area contributed by atoms with E-state index < -0.39 is 0 Å². The molecule has 2 unspecified atom stereocenters. The first-order chi connectivity index (χ1) is 8.54. The molecule has 0 aromatic heterocycles. The fourth-order valence-electron chi connectivity index (χ4n) is 2.59. The van der Waals surface area contributed by atoms with Gasteiger partial charge in [0.25, 0.3) is 5.91 Å². The maximum Gasteiger partial charge on any atom is 0.251 e. The molecule has 1 amide bonds. The largest absolute Gasteiger partial charge is 0.399 e. The summed E-state index contributed by atoms with van der Waals surface area (Å²) >= 11 is 3.35. The predicted molar refractivity (Wildman–Crippen MR) is 77.4 cm³/mol. The molecule has 0 aliphatic heterocycles. The Bertz CT molecular complexity index is 427. The Hall–Kier alpha value is -1.03. The molecule has 3 N–H and O–H groups in total. The molecule has 98 valence electrons. The predicted octanol–water partition coefficient (Wildman–Crippen LogP) is 3.20. The Morgan fingerprint density at radius 1 is 1.44 bits per heavy atom. The summed E-state index contributed by atoms with van der Waals surface area (Å²) in [5.74, 6) is 1.39. The molecule has 0 radical (unpaired) electrons. The van der Waals surface area contributed by atoms with Gasteiger partial charge in [0.1, 0.15) is 0 Å². The Labute approximate surface area is 116 Å². The van der Waals surface area contributed by atoms with Gasteiger partial charge < -0.3 is 11.1 Å². The van der Waals surface area contributed by atoms with Crippen molar-refractivity contribution in [3.8, 4) is 0 Å². The molecule has 1 aromatic rings. The monoisotopic (exact) mass is 310 g/mol. The van der Waals surface area contributed by atoms with Gasteiger partial charge in [0, 0.05) is 22.3 Å². The fraction of sp³-hybridized carbons (Fsp3) is 0.500. The van der Waals surface area contributed by atoms with E-state index in [1.165, 1.54) is 19.3 Å². The SMILES string of the molecule is CC1CCC(CNC(=O)c2cc(N)cc(Br)c2)C1. The number of carbonyl (C=O) groups is 1. The second kappa shape index (κ2) is 5.74. The summed E-state index contributed by atoms with van der Waals surface area (Å²) in [6.07, 6.45) is 3.73. The molecule has 4 heteroatoms. The lowest BCUT2D eigenvalue weighted by Crippen LogP contribution is -2.28. The smallest absolute Gasteiger partial charge is 0.251 e. The van der Waals surface area contributed by atoms with Crippen LogP contribution in [0.25, 0.3) is 0 Å². The van der Waals surface area contributed by atoms with Crippen LogP contribution < -0.4 is 11.1 Å². The summed E-state index contributed by atoms with van der Waals surface area (Å²) in [5, 5.41) is 3.00. The zero-order valence-electron chi connectivity index (χ0n) is 10.6. The third-order valence-electron chi connectivity index (χ3n) is 3.54. The normalized spacial score (nSPS) is 23.0. The molecule has 1 aliphatic carbocycles. The van der Waals surface area contributed by atoms with Gasteiger partial charge in [-0.05, 0) is 42.9 Å². The van der Waals surface area contributed by atoms with Crippen LogP contribution in [0.4, 0.5) is 5.69 Å². The Morgan fingerprint density at radius 2 is 2.22 bits per heavy atom. The molecule has 1 aromatic carbocycles. The van der Waals surface area contributed by atoms with Crippen LogP contribution in [-0.2, 0) is 0 Å². The van der Waals surface area contributed by atoms with E-state index in [9.17, 15) is 4.79 Å². The van der Waals surface area contributed by atoms with Gasteiger partial charge in [0.2, 0.25) is 0 Å². The van der Waals surface area contributed by atoms with E-state index in [4.69, 9.17) is 5.73 Å². The van der Waals surface area contributed by atoms with Gasteiger partial charge in [-0.2, -0.15) is 0 Å². The number of amides is 1. The van der Waals surface area contributed by atoms with E-state index in [1.54, 1.807) is 18.2 Å². The molecule has 1 saturated carbocycles. The van der Waals surface area contributed by atoms with Crippen LogP contribution in [0, 0.1) is 11.8 Å². The average molecular weight is 311 g/mol. The molecule has 2 rings (SSSR count). The second-order valence-electron chi connectivity index (χ2n) is 5.27. The number of benzene rings is 1. The van der Waals surface area contributed by atoms with E-state index in [2.05, 4.69) is 28.2 Å². The number of hydrogen-bond acceptors (Lipinski definition) is 2. The first-order valence-electron chi connectivity index (χ1n) is 6.39. The molecule has 18 heavy (non-hydrogen) atoms. The summed E-state index contributed by atoms with van der Waals surface area (Å²) in [6, 6.07) is 5.29. The lowest BCUT2D eigenvalue weighted by Gasteiger charge is -2.11. The summed E-state index contributed by atoms with van der Waals surface area (Å²) in [6.45, 7) is 3.05. The minimum Gasteiger partial charge on any atom is -0.399 e. The number of nitrogen functional groups attached to an aromatic ring is 1. The second-order valence-corrected chi connectivity index (χ2v) is 6.18. The number of nitrogens with two attached hydrogens (primary N) is 1. The standard InChI is InChI=1S/C14H19BrN2O/c1-9-2-3-10(4-9)8-17-14(18)11-5-12(15)7-13(16)6-11/h5-7,9-10H,2-4,8,16H2,1H3,(H,17,18). The van der Waals surface area contributed by atoms with Crippen molar-refractivity contribution < 1.29 is 4.79 Å². The lowest BCUT2D eigenvalue weighted by atomic mass is 10.1. The van der Waals surface area contributed by atoms with Gasteiger partial charge in [0.05, 0.1) is 0 Å². The van der Waals surface area contributed by atoms with Crippen molar-refractivity contribution in [3.05, 3.63) is 28.2 Å². The highest BCUT2D eigenvalue weighted by Gasteiger charge is 2.21. The van der Waals surface area contributed by atoms with Crippen molar-refractivity contribution in [1.82, 2.24) is 5.32 Å². The molecule has 1 aliphatic rings. The third kappa shape index (κ3) is 3.48. The number of nitrogens with one attached hydrogen (secondary N) is 1. The molecule has 1 fully saturated rings. The van der Waals surface area contributed by atoms with Crippen molar-refractivity contribution in [2.24, 2.45) is 11.8 Å². The maximum absolute atomic E-state index is 12.0. The third-order valence-corrected chi connectivity index (χ3v) is 3.99. The quantitative estimate of drug-likeness (QED) is 0.842. The number of rotatable bonds is 3. The van der Waals surface area contributed by atoms with Crippen LogP contribution in [0.15, 0.2) is 22.7 Å². The van der Waals surface area contributed by atoms with Crippen LogP contribution in [0.3, 0.4) is 0 Å². The fourth-order valence-corrected chi connectivity index (χ4v) is 3.10. The van der Waals surface area contributed by atoms with Crippen LogP contribution in [-0.4, -0.2) is 12.5 Å². The van der Waals surface area contributed by atoms with E-state index in [0.29, 0.717) is 17.2 Å². The number of anilines is 1. The van der Waals surface area contributed by atoms with E-state index in [0.717, 1.165) is 16.9 Å². The summed E-state index contributed by atoms with van der Waals surface area (Å²) < 4.78 is 0.835. The van der Waals surface area contributed by atoms with Crippen molar-refractivity contribution in [2.75, 3.05) is 12.3 Å². The summed E-state index contributed by atoms with van der Waals surface area (Å²) in [7, 11) is 0. The van der Waals surface area contributed by atoms with Gasteiger partial charge >= 0.3 is 0 Å². The number of carbonyl (C=O) groups excluding carboxylic acids is 1. The van der Waals surface area contributed by atoms with Crippen LogP contribution in [0.2, 0.25) is 0 Å². The highest BCUT2D eigenvalue weighted by Crippen LogP contribution is 2.29. The van der Waals surface area contributed by atoms with Crippen molar-refractivity contribution in [1.29, 1.82) is 0 Å². The molecule has 3 nitrogen and oxygen atoms in total. The van der Waals surface area contributed by atoms with Crippen LogP contribution in [0.5, 0.6) is 0 Å². The van der Waals surface area contributed by atoms with Gasteiger partial charge in [-0.1, -0.05) is 29.3 Å². The van der Waals surface area contributed by atoms with Crippen molar-refractivity contribution in [3.63, 3.8) is 0 Å². The highest BCUT2D eigenvalue weighted by atomic mass is 79.9. The van der Waals surface area contributed by atoms with Gasteiger partial charge in [-0.3, -0.25) is 4.79 Å². The van der Waals surface area contributed by atoms with E-state index in [1.807, 2.05) is 0 Å². The minimum atomic E-state index is -0.0393. The molecule has 2 atom stereocenters. The van der Waals surface area contributed by atoms with Crippen molar-refractivity contribution >= 4 is 27.5 Å². The Kier molecular flexibility index (Phi) is 4.27. The highest BCUT2D eigenvalue weighted by molar-refractivity contribution is 9.10. The average Bonchev–Trinajstić information content (AvgIpc) is 2.70. The lowest BCUT2D eigenvalue weighted by molar-refractivity contribution is 0.0947. The molecule has 0 bridgehead atoms. The van der Waals surface area contributed by atoms with Gasteiger partial charge in [-0.25, -0.2) is 0 Å². The first-order valence-corrected chi connectivity index (χ1v) is 7.18. The number of hydrogen-bond donors (Lipinski definition) is 2. The van der Waals surface area contributed by atoms with Crippen molar-refractivity contribution in [2.45, 2.75) is 26.2 Å². The summed E-state index contributed by atoms with van der Waals surface area (Å²) in [5.41, 5.74) is 6.94. The van der Waals surface area contributed by atoms with E-state index >= 15 is 0 Å². The topological polar surface area (TPSA) is 55.1 Å². The van der Waals surface area contributed by atoms with Gasteiger partial charge in [-0.15, -0.1) is 0 Å². The molecular formula is C14H19BrN2O. The van der Waals surface area contributed by atoms with E-state index in [-0.39, 0.29) is 5.91 Å². The van der Waals surface area contributed by atoms with Crippen LogP contribution >= 0.6 is 15.9 Å². The van der Waals surface area contributed by atoms with Gasteiger partial charge in [0.15, 0.2) is 0 Å². The molecule has 0 heterocycles. The minimum absolute atomic E-state index is 0.0393. The summed E-state index contributed by atoms with van der Waals surface area (Å²) in [4.78, 5) is 12.0. The maximum atomic E-state index is 12.0. The molecule has 0 saturated heterocycles. The number of halogens is 1. The Balaban J connectivity index is 1.91. The van der Waals surface area contributed by atoms with Crippen LogP contribution in [0.1, 0.15) is 36.5 Å². The first kappa shape index (κ1) is 13.4. The zero-order valence-corrected chi connectivity index (χ0v) is 12.2. The zero-order chi connectivity index (χ0) is 13.1. The molecular weight excluding hydrogens is 292 g/mol. The molecule has 0 spiro atoms.